The second-order valence-electron chi connectivity index (χ2n) is 5.70. The number of esters is 1. The third kappa shape index (κ3) is 4.04. The minimum Gasteiger partial charge on any atom is -0.456 e. The second-order valence-corrected chi connectivity index (χ2v) is 5.70. The summed E-state index contributed by atoms with van der Waals surface area (Å²) in [4.78, 5) is 12.0. The highest BCUT2D eigenvalue weighted by molar-refractivity contribution is 5.89. The van der Waals surface area contributed by atoms with Crippen LogP contribution in [0.5, 0.6) is 0 Å². The Labute approximate surface area is 129 Å². The van der Waals surface area contributed by atoms with Crippen molar-refractivity contribution in [1.29, 1.82) is 0 Å². The number of hydrogen-bond acceptors (Lipinski definition) is 6. The van der Waals surface area contributed by atoms with E-state index in [0.717, 1.165) is 0 Å². The van der Waals surface area contributed by atoms with Gasteiger partial charge in [-0.3, -0.25) is 0 Å². The fraction of sp³-hybridized carbons (Fsp3) is 0.562. The maximum Gasteiger partial charge on any atom is 0.338 e. The molecule has 122 valence electrons. The maximum absolute atomic E-state index is 12.0. The molecule has 6 heteroatoms. The lowest BCUT2D eigenvalue weighted by atomic mass is 9.97. The van der Waals surface area contributed by atoms with Gasteiger partial charge in [0.05, 0.1) is 24.4 Å². The number of rotatable bonds is 8. The molecule has 22 heavy (non-hydrogen) atoms. The van der Waals surface area contributed by atoms with E-state index in [1.165, 1.54) is 0 Å². The molecule has 0 radical (unpaired) electrons. The summed E-state index contributed by atoms with van der Waals surface area (Å²) in [5.41, 5.74) is -0.0683. The SMILES string of the molecule is C[C@]1(CC[C@H](OC(=O)c2ccccc2)[C@H](O)CO)O[C@@H]1CO. The van der Waals surface area contributed by atoms with Gasteiger partial charge in [-0.15, -0.1) is 0 Å². The van der Waals surface area contributed by atoms with Gasteiger partial charge in [-0.05, 0) is 31.9 Å². The van der Waals surface area contributed by atoms with E-state index in [1.54, 1.807) is 30.3 Å². The van der Waals surface area contributed by atoms with Gasteiger partial charge in [-0.2, -0.15) is 0 Å². The molecular weight excluding hydrogens is 288 g/mol. The molecule has 2 rings (SSSR count). The van der Waals surface area contributed by atoms with Crippen molar-refractivity contribution in [2.24, 2.45) is 0 Å². The zero-order valence-corrected chi connectivity index (χ0v) is 12.5. The number of epoxide rings is 1. The van der Waals surface area contributed by atoms with E-state index in [9.17, 15) is 9.90 Å². The monoisotopic (exact) mass is 310 g/mol. The molecule has 1 fully saturated rings. The van der Waals surface area contributed by atoms with Crippen molar-refractivity contribution in [3.8, 4) is 0 Å². The van der Waals surface area contributed by atoms with E-state index < -0.39 is 30.4 Å². The molecule has 1 aromatic carbocycles. The summed E-state index contributed by atoms with van der Waals surface area (Å²) in [6.07, 6.45) is -1.33. The van der Waals surface area contributed by atoms with Crippen LogP contribution in [-0.2, 0) is 9.47 Å². The standard InChI is InChI=1S/C16H22O6/c1-16(14(10-18)22-16)8-7-13(12(19)9-17)21-15(20)11-5-3-2-4-6-11/h2-6,12-14,17-19H,7-10H2,1H3/t12-,13+,14-,16-/m1/s1. The van der Waals surface area contributed by atoms with Gasteiger partial charge in [0.1, 0.15) is 18.3 Å². The summed E-state index contributed by atoms with van der Waals surface area (Å²) in [5.74, 6) is -0.543. The lowest BCUT2D eigenvalue weighted by molar-refractivity contribution is -0.0423. The first-order valence-electron chi connectivity index (χ1n) is 7.34. The van der Waals surface area contributed by atoms with E-state index in [1.807, 2.05) is 6.92 Å². The summed E-state index contributed by atoms with van der Waals surface area (Å²) < 4.78 is 10.7. The fourth-order valence-corrected chi connectivity index (χ4v) is 2.40. The first-order valence-corrected chi connectivity index (χ1v) is 7.34. The zero-order chi connectivity index (χ0) is 16.2. The predicted octanol–water partition coefficient (Wildman–Crippen LogP) is 0.495. The number of ether oxygens (including phenoxy) is 2. The first kappa shape index (κ1) is 16.9. The Hall–Kier alpha value is -1.47. The second kappa shape index (κ2) is 7.19. The van der Waals surface area contributed by atoms with Crippen LogP contribution in [0.2, 0.25) is 0 Å². The van der Waals surface area contributed by atoms with Crippen molar-refractivity contribution in [3.05, 3.63) is 35.9 Å². The van der Waals surface area contributed by atoms with Crippen LogP contribution in [0, 0.1) is 0 Å². The van der Waals surface area contributed by atoms with Gasteiger partial charge in [0.25, 0.3) is 0 Å². The van der Waals surface area contributed by atoms with Gasteiger partial charge in [-0.25, -0.2) is 4.79 Å². The Balaban J connectivity index is 1.93. The quantitative estimate of drug-likeness (QED) is 0.477. The first-order chi connectivity index (χ1) is 10.5. The Kier molecular flexibility index (Phi) is 5.52. The highest BCUT2D eigenvalue weighted by Gasteiger charge is 2.51. The topological polar surface area (TPSA) is 99.5 Å². The van der Waals surface area contributed by atoms with Crippen LogP contribution in [0.25, 0.3) is 0 Å². The minimum atomic E-state index is -1.15. The molecule has 0 aliphatic carbocycles. The normalized spacial score (nSPS) is 26.3. The molecule has 1 aliphatic heterocycles. The van der Waals surface area contributed by atoms with Gasteiger partial charge >= 0.3 is 5.97 Å². The van der Waals surface area contributed by atoms with Crippen LogP contribution in [0.1, 0.15) is 30.1 Å². The van der Waals surface area contributed by atoms with Crippen LogP contribution in [0.15, 0.2) is 30.3 Å². The van der Waals surface area contributed by atoms with E-state index in [4.69, 9.17) is 19.7 Å². The third-order valence-corrected chi connectivity index (χ3v) is 4.01. The van der Waals surface area contributed by atoms with Crippen molar-refractivity contribution >= 4 is 5.97 Å². The van der Waals surface area contributed by atoms with Gasteiger partial charge < -0.3 is 24.8 Å². The van der Waals surface area contributed by atoms with Crippen molar-refractivity contribution in [3.63, 3.8) is 0 Å². The zero-order valence-electron chi connectivity index (χ0n) is 12.5. The van der Waals surface area contributed by atoms with E-state index >= 15 is 0 Å². The summed E-state index contributed by atoms with van der Waals surface area (Å²) in [7, 11) is 0. The number of carbonyl (C=O) groups excluding carboxylic acids is 1. The molecule has 3 N–H and O–H groups in total. The molecule has 4 atom stereocenters. The molecule has 1 saturated heterocycles. The molecule has 0 unspecified atom stereocenters. The van der Waals surface area contributed by atoms with Gasteiger partial charge in [0, 0.05) is 0 Å². The highest BCUT2D eigenvalue weighted by atomic mass is 16.6. The maximum atomic E-state index is 12.0. The summed E-state index contributed by atoms with van der Waals surface area (Å²) in [6, 6.07) is 8.48. The van der Waals surface area contributed by atoms with Crippen molar-refractivity contribution < 1.29 is 29.6 Å². The number of carbonyl (C=O) groups is 1. The average Bonchev–Trinajstić information content (AvgIpc) is 3.22. The molecule has 0 saturated carbocycles. The van der Waals surface area contributed by atoms with Crippen molar-refractivity contribution in [2.75, 3.05) is 13.2 Å². The molecule has 1 heterocycles. The lowest BCUT2D eigenvalue weighted by Crippen LogP contribution is -2.35. The lowest BCUT2D eigenvalue weighted by Gasteiger charge is -2.22. The molecule has 1 aromatic rings. The van der Waals surface area contributed by atoms with E-state index in [0.29, 0.717) is 18.4 Å². The van der Waals surface area contributed by atoms with Gasteiger partial charge in [0.15, 0.2) is 0 Å². The van der Waals surface area contributed by atoms with Crippen molar-refractivity contribution in [1.82, 2.24) is 0 Å². The van der Waals surface area contributed by atoms with E-state index in [-0.39, 0.29) is 12.7 Å². The smallest absolute Gasteiger partial charge is 0.338 e. The number of aliphatic hydroxyl groups is 3. The molecule has 0 amide bonds. The van der Waals surface area contributed by atoms with Crippen LogP contribution in [-0.4, -0.2) is 58.4 Å². The molecule has 0 bridgehead atoms. The predicted molar refractivity (Wildman–Crippen MR) is 78.3 cm³/mol. The van der Waals surface area contributed by atoms with Crippen LogP contribution in [0.4, 0.5) is 0 Å². The van der Waals surface area contributed by atoms with Crippen LogP contribution >= 0.6 is 0 Å². The molecule has 6 nitrogen and oxygen atoms in total. The number of aliphatic hydroxyl groups excluding tert-OH is 3. The van der Waals surface area contributed by atoms with Gasteiger partial charge in [0.2, 0.25) is 0 Å². The van der Waals surface area contributed by atoms with Crippen molar-refractivity contribution in [2.45, 2.75) is 43.7 Å². The Morgan fingerprint density at radius 2 is 2.05 bits per heavy atom. The molecule has 0 aromatic heterocycles. The highest BCUT2D eigenvalue weighted by Crippen LogP contribution is 2.40. The Morgan fingerprint density at radius 3 is 2.59 bits per heavy atom. The largest absolute Gasteiger partial charge is 0.456 e. The summed E-state index contributed by atoms with van der Waals surface area (Å²) in [5, 5.41) is 28.0. The summed E-state index contributed by atoms with van der Waals surface area (Å²) >= 11 is 0. The minimum absolute atomic E-state index is 0.0620. The Bertz CT molecular complexity index is 491. The van der Waals surface area contributed by atoms with Crippen LogP contribution < -0.4 is 0 Å². The molecular formula is C16H22O6. The van der Waals surface area contributed by atoms with E-state index in [2.05, 4.69) is 0 Å². The number of benzene rings is 1. The number of hydrogen-bond donors (Lipinski definition) is 3. The van der Waals surface area contributed by atoms with Gasteiger partial charge in [-0.1, -0.05) is 18.2 Å². The summed E-state index contributed by atoms with van der Waals surface area (Å²) in [6.45, 7) is 1.30. The molecule has 0 spiro atoms. The van der Waals surface area contributed by atoms with Crippen LogP contribution in [0.3, 0.4) is 0 Å². The third-order valence-electron chi connectivity index (χ3n) is 4.01. The molecule has 1 aliphatic rings. The fourth-order valence-electron chi connectivity index (χ4n) is 2.40. The average molecular weight is 310 g/mol. The Morgan fingerprint density at radius 1 is 1.36 bits per heavy atom.